The Bertz CT molecular complexity index is 743. The van der Waals surface area contributed by atoms with Crippen molar-refractivity contribution in [2.45, 2.75) is 25.8 Å². The zero-order valence-corrected chi connectivity index (χ0v) is 13.1. The topological polar surface area (TPSA) is 47.6 Å². The molecule has 0 bridgehead atoms. The molecule has 2 aromatic carbocycles. The second-order valence-electron chi connectivity index (χ2n) is 5.97. The summed E-state index contributed by atoms with van der Waals surface area (Å²) in [4.78, 5) is 12.5. The van der Waals surface area contributed by atoms with E-state index in [1.165, 1.54) is 6.07 Å². The number of amides is 1. The van der Waals surface area contributed by atoms with E-state index in [9.17, 15) is 9.18 Å². The molecule has 0 aliphatic carbocycles. The lowest BCUT2D eigenvalue weighted by Crippen LogP contribution is -2.39. The van der Waals surface area contributed by atoms with Gasteiger partial charge in [0.1, 0.15) is 5.82 Å². The molecule has 3 rings (SSSR count). The van der Waals surface area contributed by atoms with Gasteiger partial charge in [-0.1, -0.05) is 24.3 Å². The summed E-state index contributed by atoms with van der Waals surface area (Å²) < 4.78 is 24.3. The third-order valence-electron chi connectivity index (χ3n) is 4.06. The lowest BCUT2D eigenvalue weighted by molar-refractivity contribution is -0.125. The Balaban J connectivity index is 1.74. The fourth-order valence-corrected chi connectivity index (χ4v) is 2.45. The summed E-state index contributed by atoms with van der Waals surface area (Å²) in [6.45, 7) is 3.99. The molecule has 0 fully saturated rings. The fraction of sp³-hybridized carbons (Fsp3) is 0.278. The Hall–Kier alpha value is -2.56. The van der Waals surface area contributed by atoms with Gasteiger partial charge in [-0.15, -0.1) is 0 Å². The van der Waals surface area contributed by atoms with Crippen molar-refractivity contribution in [3.8, 4) is 11.5 Å². The quantitative estimate of drug-likeness (QED) is 0.943. The maximum absolute atomic E-state index is 13.6. The van der Waals surface area contributed by atoms with Crippen LogP contribution in [-0.2, 0) is 16.8 Å². The maximum Gasteiger partial charge on any atom is 0.231 e. The van der Waals surface area contributed by atoms with Crippen molar-refractivity contribution < 1.29 is 18.7 Å². The molecular formula is C18H18FNO3. The van der Waals surface area contributed by atoms with E-state index < -0.39 is 5.41 Å². The number of ether oxygens (including phenoxy) is 2. The van der Waals surface area contributed by atoms with Gasteiger partial charge in [0.25, 0.3) is 0 Å². The van der Waals surface area contributed by atoms with Crippen molar-refractivity contribution in [1.82, 2.24) is 5.32 Å². The second kappa shape index (κ2) is 5.91. The van der Waals surface area contributed by atoms with Gasteiger partial charge in [-0.2, -0.15) is 0 Å². The average Bonchev–Trinajstić information content (AvgIpc) is 3.01. The molecule has 1 heterocycles. The average molecular weight is 315 g/mol. The molecule has 2 aromatic rings. The van der Waals surface area contributed by atoms with Crippen LogP contribution in [0.3, 0.4) is 0 Å². The summed E-state index contributed by atoms with van der Waals surface area (Å²) in [7, 11) is 0. The van der Waals surface area contributed by atoms with Gasteiger partial charge < -0.3 is 14.8 Å². The Labute approximate surface area is 134 Å². The van der Waals surface area contributed by atoms with Crippen LogP contribution in [0.2, 0.25) is 0 Å². The Kier molecular flexibility index (Phi) is 3.94. The number of hydrogen-bond donors (Lipinski definition) is 1. The van der Waals surface area contributed by atoms with Crippen molar-refractivity contribution in [3.63, 3.8) is 0 Å². The first-order valence-corrected chi connectivity index (χ1v) is 7.40. The third kappa shape index (κ3) is 2.99. The number of hydrogen-bond acceptors (Lipinski definition) is 3. The van der Waals surface area contributed by atoms with Gasteiger partial charge in [0.05, 0.1) is 5.41 Å². The van der Waals surface area contributed by atoms with E-state index in [1.54, 1.807) is 24.3 Å². The minimum absolute atomic E-state index is 0.152. The van der Waals surface area contributed by atoms with Crippen molar-refractivity contribution >= 4 is 5.91 Å². The number of rotatable bonds is 4. The highest BCUT2D eigenvalue weighted by atomic mass is 19.1. The molecule has 0 unspecified atom stereocenters. The van der Waals surface area contributed by atoms with Crippen LogP contribution in [0.25, 0.3) is 0 Å². The molecular weight excluding hydrogens is 297 g/mol. The number of carbonyl (C=O) groups is 1. The van der Waals surface area contributed by atoms with Gasteiger partial charge in [-0.05, 0) is 37.6 Å². The van der Waals surface area contributed by atoms with E-state index in [0.717, 1.165) is 5.56 Å². The van der Waals surface area contributed by atoms with Gasteiger partial charge in [0.15, 0.2) is 11.5 Å². The van der Waals surface area contributed by atoms with Crippen molar-refractivity contribution in [1.29, 1.82) is 0 Å². The molecule has 120 valence electrons. The molecule has 4 nitrogen and oxygen atoms in total. The zero-order chi connectivity index (χ0) is 16.4. The van der Waals surface area contributed by atoms with Gasteiger partial charge in [0.2, 0.25) is 12.7 Å². The van der Waals surface area contributed by atoms with Crippen LogP contribution in [0.15, 0.2) is 42.5 Å². The van der Waals surface area contributed by atoms with Gasteiger partial charge >= 0.3 is 0 Å². The number of halogens is 1. The number of fused-ring (bicyclic) bond motifs is 1. The Morgan fingerprint density at radius 3 is 2.70 bits per heavy atom. The highest BCUT2D eigenvalue weighted by Gasteiger charge is 2.31. The summed E-state index contributed by atoms with van der Waals surface area (Å²) in [5, 5.41) is 2.80. The first-order valence-electron chi connectivity index (χ1n) is 7.40. The summed E-state index contributed by atoms with van der Waals surface area (Å²) >= 11 is 0. The molecule has 0 atom stereocenters. The first-order chi connectivity index (χ1) is 11.0. The van der Waals surface area contributed by atoms with Crippen molar-refractivity contribution in [2.24, 2.45) is 0 Å². The predicted molar refractivity (Wildman–Crippen MR) is 83.8 cm³/mol. The minimum atomic E-state index is -0.772. The minimum Gasteiger partial charge on any atom is -0.454 e. The Morgan fingerprint density at radius 2 is 1.91 bits per heavy atom. The molecule has 0 radical (unpaired) electrons. The van der Waals surface area contributed by atoms with Crippen LogP contribution in [0.5, 0.6) is 11.5 Å². The van der Waals surface area contributed by atoms with E-state index in [-0.39, 0.29) is 25.1 Å². The van der Waals surface area contributed by atoms with Crippen molar-refractivity contribution in [3.05, 3.63) is 59.4 Å². The van der Waals surface area contributed by atoms with Crippen LogP contribution in [-0.4, -0.2) is 12.7 Å². The molecule has 1 amide bonds. The summed E-state index contributed by atoms with van der Waals surface area (Å²) in [5.74, 6) is 0.807. The number of benzene rings is 2. The van der Waals surface area contributed by atoms with Gasteiger partial charge in [-0.3, -0.25) is 4.79 Å². The third-order valence-corrected chi connectivity index (χ3v) is 4.06. The summed E-state index contributed by atoms with van der Waals surface area (Å²) in [6.07, 6.45) is 0. The first kappa shape index (κ1) is 15.3. The normalized spacial score (nSPS) is 13.0. The van der Waals surface area contributed by atoms with Crippen LogP contribution in [0.1, 0.15) is 25.0 Å². The lowest BCUT2D eigenvalue weighted by Gasteiger charge is -2.24. The number of carbonyl (C=O) groups excluding carboxylic acids is 1. The largest absolute Gasteiger partial charge is 0.454 e. The summed E-state index contributed by atoms with van der Waals surface area (Å²) in [6, 6.07) is 11.9. The molecule has 23 heavy (non-hydrogen) atoms. The molecule has 0 saturated heterocycles. The highest BCUT2D eigenvalue weighted by Crippen LogP contribution is 2.36. The second-order valence-corrected chi connectivity index (χ2v) is 5.97. The molecule has 0 spiro atoms. The highest BCUT2D eigenvalue weighted by molar-refractivity contribution is 5.87. The molecule has 1 aliphatic heterocycles. The maximum atomic E-state index is 13.6. The zero-order valence-electron chi connectivity index (χ0n) is 13.1. The fourth-order valence-electron chi connectivity index (χ4n) is 2.45. The van der Waals surface area contributed by atoms with Crippen LogP contribution < -0.4 is 14.8 Å². The van der Waals surface area contributed by atoms with Crippen LogP contribution in [0.4, 0.5) is 4.39 Å². The Morgan fingerprint density at radius 1 is 1.17 bits per heavy atom. The van der Waals surface area contributed by atoms with Crippen molar-refractivity contribution in [2.75, 3.05) is 6.79 Å². The monoisotopic (exact) mass is 315 g/mol. The molecule has 5 heteroatoms. The lowest BCUT2D eigenvalue weighted by atomic mass is 9.83. The van der Waals surface area contributed by atoms with Gasteiger partial charge in [0, 0.05) is 12.1 Å². The summed E-state index contributed by atoms with van der Waals surface area (Å²) in [5.41, 5.74) is 0.502. The van der Waals surface area contributed by atoms with E-state index >= 15 is 0 Å². The van der Waals surface area contributed by atoms with E-state index in [4.69, 9.17) is 9.47 Å². The van der Waals surface area contributed by atoms with E-state index in [1.807, 2.05) is 26.0 Å². The molecule has 0 aromatic heterocycles. The molecule has 1 aliphatic rings. The number of nitrogens with one attached hydrogen (secondary N) is 1. The van der Waals surface area contributed by atoms with Crippen LogP contribution in [0, 0.1) is 5.82 Å². The van der Waals surface area contributed by atoms with E-state index in [2.05, 4.69) is 5.32 Å². The SMILES string of the molecule is CC(C)(C(=O)NCc1ccccc1F)c1ccc2c(c1)OCO2. The molecule has 0 saturated carbocycles. The molecule has 1 N–H and O–H groups in total. The van der Waals surface area contributed by atoms with E-state index in [0.29, 0.717) is 17.1 Å². The predicted octanol–water partition coefficient (Wildman–Crippen LogP) is 3.15. The smallest absolute Gasteiger partial charge is 0.231 e. The standard InChI is InChI=1S/C18H18FNO3/c1-18(2,13-7-8-15-16(9-13)23-11-22-15)17(21)20-10-12-5-3-4-6-14(12)19/h3-9H,10-11H2,1-2H3,(H,20,21). The van der Waals surface area contributed by atoms with Gasteiger partial charge in [-0.25, -0.2) is 4.39 Å². The van der Waals surface area contributed by atoms with Crippen LogP contribution >= 0.6 is 0 Å².